The van der Waals surface area contributed by atoms with Gasteiger partial charge in [-0.1, -0.05) is 6.07 Å². The lowest BCUT2D eigenvalue weighted by atomic mass is 9.95. The number of hydrogen-bond acceptors (Lipinski definition) is 9. The lowest BCUT2D eigenvalue weighted by Gasteiger charge is -2.34. The highest BCUT2D eigenvalue weighted by atomic mass is 19.1. The van der Waals surface area contributed by atoms with Gasteiger partial charge in [0.15, 0.2) is 0 Å². The van der Waals surface area contributed by atoms with Crippen LogP contribution in [0.15, 0.2) is 36.5 Å². The highest BCUT2D eigenvalue weighted by Gasteiger charge is 2.43. The molecule has 210 valence electrons. The van der Waals surface area contributed by atoms with E-state index in [4.69, 9.17) is 9.47 Å². The summed E-state index contributed by atoms with van der Waals surface area (Å²) in [6, 6.07) is 9.70. The number of pyridine rings is 1. The van der Waals surface area contributed by atoms with Crippen molar-refractivity contribution in [1.29, 1.82) is 5.26 Å². The molecule has 2 aliphatic rings. The Bertz CT molecular complexity index is 1310. The minimum Gasteiger partial charge on any atom is -0.448 e. The van der Waals surface area contributed by atoms with Gasteiger partial charge in [0.05, 0.1) is 23.5 Å². The van der Waals surface area contributed by atoms with Gasteiger partial charge in [-0.3, -0.25) is 24.2 Å². The molecule has 2 aromatic rings. The average Bonchev–Trinajstić information content (AvgIpc) is 3.37. The maximum absolute atomic E-state index is 13.5. The fourth-order valence-electron chi connectivity index (χ4n) is 4.98. The number of aromatic nitrogens is 1. The molecule has 0 radical (unpaired) electrons. The number of ether oxygens (including phenoxy) is 2. The molecule has 1 aromatic heterocycles. The molecule has 40 heavy (non-hydrogen) atoms. The number of piperidine rings is 1. The lowest BCUT2D eigenvalue weighted by molar-refractivity contribution is -0.178. The van der Waals surface area contributed by atoms with Crippen molar-refractivity contribution in [2.45, 2.75) is 52.0 Å². The first-order valence-electron chi connectivity index (χ1n) is 12.9. The summed E-state index contributed by atoms with van der Waals surface area (Å²) in [4.78, 5) is 58.1. The number of carbonyl (C=O) groups excluding carboxylic acids is 4. The number of nitrogens with one attached hydrogen (secondary N) is 1. The fourth-order valence-corrected chi connectivity index (χ4v) is 4.98. The SMILES string of the molecule is CC(=O)O[C@@H](C(=O)NCC1CCN(c2ccc(F)cc2C#N)CC1)[C@@H](OC(C)=O)C(=O)N1Cc2cccnc2C1. The molecule has 1 fully saturated rings. The molecular formula is C28H30FN5O6. The number of amides is 2. The number of halogens is 1. The minimum atomic E-state index is -1.68. The Kier molecular flexibility index (Phi) is 8.93. The molecule has 0 saturated carbocycles. The Hall–Kier alpha value is -4.53. The van der Waals surface area contributed by atoms with E-state index in [9.17, 15) is 28.8 Å². The molecule has 2 atom stereocenters. The summed E-state index contributed by atoms with van der Waals surface area (Å²) in [6.07, 6.45) is -0.389. The topological polar surface area (TPSA) is 142 Å². The van der Waals surface area contributed by atoms with Gasteiger partial charge in [-0.05, 0) is 48.6 Å². The van der Waals surface area contributed by atoms with Gasteiger partial charge in [-0.25, -0.2) is 4.39 Å². The standard InChI is InChI=1S/C28H30FN5O6/c1-17(35)39-25(26(40-18(2)36)28(38)34-15-20-4-3-9-31-23(20)16-34)27(37)32-14-19-7-10-33(11-8-19)24-6-5-22(29)12-21(24)13-30/h3-6,9,12,19,25-26H,7-8,10-11,14-16H2,1-2H3,(H,32,37)/t25-,26-/m1/s1. The summed E-state index contributed by atoms with van der Waals surface area (Å²) in [5.41, 5.74) is 2.44. The zero-order valence-electron chi connectivity index (χ0n) is 22.3. The largest absolute Gasteiger partial charge is 0.448 e. The number of nitriles is 1. The number of esters is 2. The van der Waals surface area contributed by atoms with Crippen molar-refractivity contribution in [3.63, 3.8) is 0 Å². The quantitative estimate of drug-likeness (QED) is 0.486. The summed E-state index contributed by atoms with van der Waals surface area (Å²) in [7, 11) is 0. The van der Waals surface area contributed by atoms with E-state index >= 15 is 0 Å². The van der Waals surface area contributed by atoms with Gasteiger partial charge in [0, 0.05) is 46.2 Å². The summed E-state index contributed by atoms with van der Waals surface area (Å²) in [5.74, 6) is -3.45. The van der Waals surface area contributed by atoms with E-state index in [2.05, 4.69) is 10.3 Å². The van der Waals surface area contributed by atoms with E-state index in [0.717, 1.165) is 19.4 Å². The van der Waals surface area contributed by atoms with E-state index in [0.29, 0.717) is 37.3 Å². The Morgan fingerprint density at radius 1 is 1.10 bits per heavy atom. The van der Waals surface area contributed by atoms with E-state index in [1.807, 2.05) is 17.0 Å². The van der Waals surface area contributed by atoms with Crippen LogP contribution < -0.4 is 10.2 Å². The van der Waals surface area contributed by atoms with E-state index in [1.165, 1.54) is 17.0 Å². The Labute approximate surface area is 230 Å². The number of fused-ring (bicyclic) bond motifs is 1. The monoisotopic (exact) mass is 551 g/mol. The first kappa shape index (κ1) is 28.5. The highest BCUT2D eigenvalue weighted by Crippen LogP contribution is 2.27. The van der Waals surface area contributed by atoms with Crippen LogP contribution in [0.1, 0.15) is 43.5 Å². The number of rotatable bonds is 8. The van der Waals surface area contributed by atoms with Gasteiger partial charge < -0.3 is 24.6 Å². The van der Waals surface area contributed by atoms with Gasteiger partial charge in [-0.15, -0.1) is 0 Å². The van der Waals surface area contributed by atoms with Gasteiger partial charge in [-0.2, -0.15) is 5.26 Å². The van der Waals surface area contributed by atoms with Crippen molar-refractivity contribution in [3.8, 4) is 6.07 Å². The van der Waals surface area contributed by atoms with Gasteiger partial charge >= 0.3 is 11.9 Å². The molecule has 0 bridgehead atoms. The molecule has 3 heterocycles. The van der Waals surface area contributed by atoms with Crippen molar-refractivity contribution in [1.82, 2.24) is 15.2 Å². The lowest BCUT2D eigenvalue weighted by Crippen LogP contribution is -2.54. The van der Waals surface area contributed by atoms with Gasteiger partial charge in [0.2, 0.25) is 12.2 Å². The molecule has 0 spiro atoms. The number of benzene rings is 1. The van der Waals surface area contributed by atoms with E-state index in [-0.39, 0.29) is 31.1 Å². The summed E-state index contributed by atoms with van der Waals surface area (Å²) in [5, 5.41) is 12.1. The Morgan fingerprint density at radius 3 is 2.45 bits per heavy atom. The molecule has 12 heteroatoms. The van der Waals surface area contributed by atoms with Crippen molar-refractivity contribution < 1.29 is 33.0 Å². The van der Waals surface area contributed by atoms with E-state index in [1.54, 1.807) is 18.3 Å². The summed E-state index contributed by atoms with van der Waals surface area (Å²) < 4.78 is 24.0. The summed E-state index contributed by atoms with van der Waals surface area (Å²) in [6.45, 7) is 4.01. The molecule has 0 aliphatic carbocycles. The zero-order valence-corrected chi connectivity index (χ0v) is 22.3. The first-order valence-corrected chi connectivity index (χ1v) is 12.9. The molecule has 1 aromatic carbocycles. The van der Waals surface area contributed by atoms with Crippen LogP contribution in [-0.2, 0) is 41.7 Å². The second kappa shape index (κ2) is 12.5. The van der Waals surface area contributed by atoms with Crippen LogP contribution in [-0.4, -0.2) is 65.5 Å². The molecular weight excluding hydrogens is 521 g/mol. The molecule has 11 nitrogen and oxygen atoms in total. The third kappa shape index (κ3) is 6.72. The zero-order chi connectivity index (χ0) is 28.8. The first-order chi connectivity index (χ1) is 19.2. The smallest absolute Gasteiger partial charge is 0.303 e. The van der Waals surface area contributed by atoms with Crippen molar-refractivity contribution in [2.24, 2.45) is 5.92 Å². The van der Waals surface area contributed by atoms with Gasteiger partial charge in [0.1, 0.15) is 11.9 Å². The number of carbonyl (C=O) groups is 4. The van der Waals surface area contributed by atoms with Crippen LogP contribution in [0.25, 0.3) is 0 Å². The molecule has 1 saturated heterocycles. The van der Waals surface area contributed by atoms with Crippen LogP contribution in [0.3, 0.4) is 0 Å². The normalized spacial score (nSPS) is 16.4. The second-order valence-electron chi connectivity index (χ2n) is 9.81. The number of nitrogens with zero attached hydrogens (tertiary/aromatic N) is 4. The van der Waals surface area contributed by atoms with Crippen molar-refractivity contribution in [3.05, 3.63) is 59.2 Å². The highest BCUT2D eigenvalue weighted by molar-refractivity contribution is 5.93. The van der Waals surface area contributed by atoms with Crippen molar-refractivity contribution >= 4 is 29.4 Å². The van der Waals surface area contributed by atoms with Crippen LogP contribution in [0.2, 0.25) is 0 Å². The predicted molar refractivity (Wildman–Crippen MR) is 139 cm³/mol. The van der Waals surface area contributed by atoms with Crippen LogP contribution in [0.5, 0.6) is 0 Å². The average molecular weight is 552 g/mol. The Balaban J connectivity index is 1.40. The maximum atomic E-state index is 13.5. The number of anilines is 1. The fraction of sp³-hybridized carbons (Fsp3) is 0.429. The van der Waals surface area contributed by atoms with Crippen molar-refractivity contribution in [2.75, 3.05) is 24.5 Å². The molecule has 2 aliphatic heterocycles. The third-order valence-electron chi connectivity index (χ3n) is 6.96. The third-order valence-corrected chi connectivity index (χ3v) is 6.96. The van der Waals surface area contributed by atoms with Crippen LogP contribution >= 0.6 is 0 Å². The van der Waals surface area contributed by atoms with Gasteiger partial charge in [0.25, 0.3) is 11.8 Å². The molecule has 2 amide bonds. The second-order valence-corrected chi connectivity index (χ2v) is 9.81. The molecule has 0 unspecified atom stereocenters. The predicted octanol–water partition coefficient (Wildman–Crippen LogP) is 1.83. The number of hydrogen-bond donors (Lipinski definition) is 1. The minimum absolute atomic E-state index is 0.0613. The van der Waals surface area contributed by atoms with Crippen LogP contribution in [0, 0.1) is 23.1 Å². The Morgan fingerprint density at radius 2 is 1.80 bits per heavy atom. The summed E-state index contributed by atoms with van der Waals surface area (Å²) >= 11 is 0. The molecule has 4 rings (SSSR count). The molecule has 1 N–H and O–H groups in total. The van der Waals surface area contributed by atoms with Crippen LogP contribution in [0.4, 0.5) is 10.1 Å². The maximum Gasteiger partial charge on any atom is 0.303 e. The van der Waals surface area contributed by atoms with E-state index < -0.39 is 41.8 Å².